The molecule has 3 nitrogen and oxygen atoms in total. The molecule has 1 atom stereocenters. The normalized spacial score (nSPS) is 13.6. The van der Waals surface area contributed by atoms with Gasteiger partial charge in [0.05, 0.1) is 17.2 Å². The van der Waals surface area contributed by atoms with E-state index in [1.54, 1.807) is 16.8 Å². The summed E-state index contributed by atoms with van der Waals surface area (Å²) in [5, 5.41) is 15.2. The van der Waals surface area contributed by atoms with Crippen molar-refractivity contribution in [3.63, 3.8) is 0 Å². The number of alkyl halides is 6. The van der Waals surface area contributed by atoms with Crippen molar-refractivity contribution in [3.8, 4) is 0 Å². The van der Waals surface area contributed by atoms with Gasteiger partial charge in [-0.3, -0.25) is 4.79 Å². The van der Waals surface area contributed by atoms with Gasteiger partial charge in [0.1, 0.15) is 0 Å². The highest BCUT2D eigenvalue weighted by molar-refractivity contribution is 7.07. The Morgan fingerprint density at radius 1 is 1.08 bits per heavy atom. The molecule has 2 rings (SSSR count). The third kappa shape index (κ3) is 4.95. The summed E-state index contributed by atoms with van der Waals surface area (Å²) in [5.41, 5.74) is -3.47. The van der Waals surface area contributed by atoms with Gasteiger partial charge in [0.15, 0.2) is 0 Å². The lowest BCUT2D eigenvalue weighted by molar-refractivity contribution is -0.143. The van der Waals surface area contributed by atoms with Crippen LogP contribution in [-0.4, -0.2) is 17.6 Å². The molecule has 1 amide bonds. The average Bonchev–Trinajstić information content (AvgIpc) is 3.04. The lowest BCUT2D eigenvalue weighted by Crippen LogP contribution is -2.29. The molecule has 0 saturated carbocycles. The molecule has 0 spiro atoms. The summed E-state index contributed by atoms with van der Waals surface area (Å²) in [7, 11) is 0. The number of hydrogen-bond acceptors (Lipinski definition) is 3. The summed E-state index contributed by atoms with van der Waals surface area (Å²) in [5.74, 6) is -1.15. The van der Waals surface area contributed by atoms with Crippen molar-refractivity contribution >= 4 is 17.2 Å². The van der Waals surface area contributed by atoms with Gasteiger partial charge in [-0.1, -0.05) is 0 Å². The molecule has 1 heterocycles. The topological polar surface area (TPSA) is 49.3 Å². The fourth-order valence-corrected chi connectivity index (χ4v) is 2.67. The Kier molecular flexibility index (Phi) is 5.43. The van der Waals surface area contributed by atoms with E-state index in [0.717, 1.165) is 0 Å². The van der Waals surface area contributed by atoms with Crippen LogP contribution in [0, 0.1) is 0 Å². The van der Waals surface area contributed by atoms with Gasteiger partial charge in [0.2, 0.25) is 0 Å². The Bertz CT molecular complexity index is 707. The number of carbonyl (C=O) groups excluding carboxylic acids is 1. The number of benzene rings is 1. The van der Waals surface area contributed by atoms with Crippen molar-refractivity contribution in [1.29, 1.82) is 0 Å². The second-order valence-electron chi connectivity index (χ2n) is 5.08. The molecule has 0 fully saturated rings. The van der Waals surface area contributed by atoms with Gasteiger partial charge in [-0.05, 0) is 40.6 Å². The largest absolute Gasteiger partial charge is 0.416 e. The van der Waals surface area contributed by atoms with Crippen molar-refractivity contribution in [2.24, 2.45) is 0 Å². The minimum atomic E-state index is -5.04. The Balaban J connectivity index is 2.23. The van der Waals surface area contributed by atoms with E-state index in [9.17, 15) is 36.2 Å². The molecule has 0 aliphatic carbocycles. The molecular formula is C15H11F6NO2S. The van der Waals surface area contributed by atoms with Gasteiger partial charge in [0.25, 0.3) is 5.91 Å². The maximum atomic E-state index is 12.8. The molecule has 25 heavy (non-hydrogen) atoms. The molecule has 0 aliphatic rings. The van der Waals surface area contributed by atoms with Crippen LogP contribution in [-0.2, 0) is 12.4 Å². The lowest BCUT2D eigenvalue weighted by Gasteiger charge is -2.15. The number of nitrogens with one attached hydrogen (secondary N) is 1. The highest BCUT2D eigenvalue weighted by atomic mass is 32.1. The first-order chi connectivity index (χ1) is 11.5. The highest BCUT2D eigenvalue weighted by Gasteiger charge is 2.37. The zero-order valence-electron chi connectivity index (χ0n) is 12.3. The minimum Gasteiger partial charge on any atom is -0.387 e. The van der Waals surface area contributed by atoms with Gasteiger partial charge in [-0.15, -0.1) is 0 Å². The van der Waals surface area contributed by atoms with Crippen LogP contribution in [0.25, 0.3) is 0 Å². The lowest BCUT2D eigenvalue weighted by atomic mass is 10.0. The van der Waals surface area contributed by atoms with E-state index >= 15 is 0 Å². The summed E-state index contributed by atoms with van der Waals surface area (Å²) in [6, 6.07) is 2.19. The first-order valence-corrected chi connectivity index (χ1v) is 7.70. The summed E-state index contributed by atoms with van der Waals surface area (Å²) < 4.78 is 76.6. The van der Waals surface area contributed by atoms with E-state index in [1.165, 1.54) is 11.3 Å². The molecule has 0 radical (unpaired) electrons. The summed E-state index contributed by atoms with van der Waals surface area (Å²) in [6.07, 6.45) is -11.2. The molecule has 0 unspecified atom stereocenters. The van der Waals surface area contributed by atoms with Crippen molar-refractivity contribution in [2.45, 2.75) is 18.5 Å². The molecule has 0 aliphatic heterocycles. The van der Waals surface area contributed by atoms with Crippen molar-refractivity contribution in [2.75, 3.05) is 6.54 Å². The number of aliphatic hydroxyl groups is 1. The van der Waals surface area contributed by atoms with Crippen LogP contribution in [0.3, 0.4) is 0 Å². The molecule has 1 aromatic carbocycles. The first kappa shape index (κ1) is 19.3. The number of hydrogen-bond donors (Lipinski definition) is 2. The summed E-state index contributed by atoms with van der Waals surface area (Å²) in [6.45, 7) is -0.354. The Labute approximate surface area is 141 Å². The molecule has 2 N–H and O–H groups in total. The third-order valence-electron chi connectivity index (χ3n) is 3.23. The van der Waals surface area contributed by atoms with E-state index < -0.39 is 41.1 Å². The standard InChI is InChI=1S/C15H11F6NO2S/c16-14(17,18)10-3-9(4-11(5-10)15(19,20)21)13(24)22-6-12(23)8-1-2-25-7-8/h1-5,7,12,23H,6H2,(H,22,24)/t12-/m1/s1. The van der Waals surface area contributed by atoms with Gasteiger partial charge >= 0.3 is 12.4 Å². The molecule has 10 heteroatoms. The van der Waals surface area contributed by atoms with Gasteiger partial charge < -0.3 is 10.4 Å². The van der Waals surface area contributed by atoms with E-state index in [2.05, 4.69) is 5.32 Å². The Hall–Kier alpha value is -2.07. The van der Waals surface area contributed by atoms with Gasteiger partial charge in [0, 0.05) is 12.1 Å². The fourth-order valence-electron chi connectivity index (χ4n) is 1.96. The second kappa shape index (κ2) is 7.04. The van der Waals surface area contributed by atoms with Crippen LogP contribution in [0.5, 0.6) is 0 Å². The minimum absolute atomic E-state index is 0.0585. The number of halogens is 6. The SMILES string of the molecule is O=C(NC[C@@H](O)c1ccsc1)c1cc(C(F)(F)F)cc(C(F)(F)F)c1. The maximum Gasteiger partial charge on any atom is 0.416 e. The smallest absolute Gasteiger partial charge is 0.387 e. The molecule has 0 saturated heterocycles. The fraction of sp³-hybridized carbons (Fsp3) is 0.267. The molecule has 1 aromatic heterocycles. The van der Waals surface area contributed by atoms with Crippen LogP contribution in [0.4, 0.5) is 26.3 Å². The molecular weight excluding hydrogens is 372 g/mol. The Morgan fingerprint density at radius 3 is 2.08 bits per heavy atom. The first-order valence-electron chi connectivity index (χ1n) is 6.76. The van der Waals surface area contributed by atoms with Crippen molar-refractivity contribution in [1.82, 2.24) is 5.32 Å². The van der Waals surface area contributed by atoms with Gasteiger partial charge in [-0.25, -0.2) is 0 Å². The van der Waals surface area contributed by atoms with E-state index in [-0.39, 0.29) is 12.6 Å². The van der Waals surface area contributed by atoms with E-state index in [4.69, 9.17) is 0 Å². The third-order valence-corrected chi connectivity index (χ3v) is 3.94. The predicted molar refractivity (Wildman–Crippen MR) is 78.1 cm³/mol. The monoisotopic (exact) mass is 383 g/mol. The van der Waals surface area contributed by atoms with Crippen LogP contribution in [0.1, 0.15) is 33.2 Å². The zero-order chi connectivity index (χ0) is 18.8. The molecule has 136 valence electrons. The highest BCUT2D eigenvalue weighted by Crippen LogP contribution is 2.36. The maximum absolute atomic E-state index is 12.8. The number of thiophene rings is 1. The number of amides is 1. The molecule has 0 bridgehead atoms. The number of rotatable bonds is 4. The van der Waals surface area contributed by atoms with Crippen LogP contribution >= 0.6 is 11.3 Å². The van der Waals surface area contributed by atoms with E-state index in [1.807, 2.05) is 0 Å². The van der Waals surface area contributed by atoms with Crippen molar-refractivity contribution < 1.29 is 36.2 Å². The van der Waals surface area contributed by atoms with Crippen LogP contribution in [0.15, 0.2) is 35.0 Å². The van der Waals surface area contributed by atoms with Gasteiger partial charge in [-0.2, -0.15) is 37.7 Å². The average molecular weight is 383 g/mol. The Morgan fingerprint density at radius 2 is 1.64 bits per heavy atom. The second-order valence-corrected chi connectivity index (χ2v) is 5.86. The van der Waals surface area contributed by atoms with Crippen LogP contribution in [0.2, 0.25) is 0 Å². The quantitative estimate of drug-likeness (QED) is 0.776. The van der Waals surface area contributed by atoms with Crippen LogP contribution < -0.4 is 5.32 Å². The summed E-state index contributed by atoms with van der Waals surface area (Å²) >= 11 is 1.29. The van der Waals surface area contributed by atoms with Crippen molar-refractivity contribution in [3.05, 3.63) is 57.3 Å². The zero-order valence-corrected chi connectivity index (χ0v) is 13.1. The molecule has 2 aromatic rings. The number of carbonyl (C=O) groups is 1. The number of aliphatic hydroxyl groups excluding tert-OH is 1. The predicted octanol–water partition coefficient (Wildman–Crippen LogP) is 4.25. The van der Waals surface area contributed by atoms with E-state index in [0.29, 0.717) is 17.7 Å². The summed E-state index contributed by atoms with van der Waals surface area (Å²) in [4.78, 5) is 11.9.